The summed E-state index contributed by atoms with van der Waals surface area (Å²) in [6.45, 7) is 1.91. The molecular weight excluding hydrogens is 152 g/mol. The molecule has 4 nitrogen and oxygen atoms in total. The zero-order valence-electron chi connectivity index (χ0n) is 5.37. The van der Waals surface area contributed by atoms with Crippen LogP contribution in [-0.4, -0.2) is 20.4 Å². The number of hydrogen-bond donors (Lipinski definition) is 1. The number of aryl methyl sites for hydroxylation is 1. The first-order chi connectivity index (χ1) is 4.74. The molecule has 0 saturated heterocycles. The first-order valence-corrected chi connectivity index (χ1v) is 3.57. The smallest absolute Gasteiger partial charge is 0.374 e. The summed E-state index contributed by atoms with van der Waals surface area (Å²) in [6, 6.07) is 0. The van der Waals surface area contributed by atoms with Crippen molar-refractivity contribution < 1.29 is 9.90 Å². The molecule has 1 aromatic heterocycles. The van der Waals surface area contributed by atoms with Crippen molar-refractivity contribution in [1.82, 2.24) is 9.36 Å². The van der Waals surface area contributed by atoms with Crippen molar-refractivity contribution in [3.63, 3.8) is 0 Å². The average Bonchev–Trinajstić information content (AvgIpc) is 2.34. The van der Waals surface area contributed by atoms with Crippen LogP contribution >= 0.6 is 11.5 Å². The normalized spacial score (nSPS) is 9.70. The van der Waals surface area contributed by atoms with Crippen LogP contribution in [0.3, 0.4) is 0 Å². The monoisotopic (exact) mass is 158 g/mol. The number of nitrogens with zero attached hydrogens (tertiary/aromatic N) is 2. The molecule has 0 saturated carbocycles. The van der Waals surface area contributed by atoms with Gasteiger partial charge in [-0.3, -0.25) is 0 Å². The fourth-order valence-corrected chi connectivity index (χ4v) is 1.05. The summed E-state index contributed by atoms with van der Waals surface area (Å²) in [7, 11) is 0. The Morgan fingerprint density at radius 1 is 1.80 bits per heavy atom. The van der Waals surface area contributed by atoms with E-state index < -0.39 is 5.97 Å². The first-order valence-electron chi connectivity index (χ1n) is 2.80. The third-order valence-corrected chi connectivity index (χ3v) is 1.82. The fourth-order valence-electron chi connectivity index (χ4n) is 0.485. The predicted molar refractivity (Wildman–Crippen MR) is 36.2 cm³/mol. The summed E-state index contributed by atoms with van der Waals surface area (Å²) < 4.78 is 3.62. The minimum absolute atomic E-state index is 0.0955. The van der Waals surface area contributed by atoms with Crippen LogP contribution < -0.4 is 0 Å². The van der Waals surface area contributed by atoms with E-state index in [4.69, 9.17) is 5.11 Å². The maximum atomic E-state index is 10.2. The van der Waals surface area contributed by atoms with E-state index >= 15 is 0 Å². The summed E-state index contributed by atoms with van der Waals surface area (Å²) in [5.74, 6) is -1.15. The van der Waals surface area contributed by atoms with Crippen molar-refractivity contribution in [3.8, 4) is 0 Å². The Morgan fingerprint density at radius 2 is 2.50 bits per heavy atom. The Labute approximate surface area is 61.7 Å². The SMILES string of the molecule is CCc1nc(C(=O)O)ns1. The lowest BCUT2D eigenvalue weighted by atomic mass is 10.5. The maximum absolute atomic E-state index is 10.2. The van der Waals surface area contributed by atoms with Crippen molar-refractivity contribution in [3.05, 3.63) is 10.8 Å². The molecule has 1 aromatic rings. The van der Waals surface area contributed by atoms with Crippen LogP contribution in [0.2, 0.25) is 0 Å². The Kier molecular flexibility index (Phi) is 1.96. The van der Waals surface area contributed by atoms with Gasteiger partial charge in [0.15, 0.2) is 0 Å². The maximum Gasteiger partial charge on any atom is 0.374 e. The number of carboxylic acid groups (broad SMARTS) is 1. The van der Waals surface area contributed by atoms with E-state index in [2.05, 4.69) is 9.36 Å². The van der Waals surface area contributed by atoms with Crippen LogP contribution in [0.15, 0.2) is 0 Å². The van der Waals surface area contributed by atoms with Gasteiger partial charge < -0.3 is 5.11 Å². The molecule has 0 radical (unpaired) electrons. The van der Waals surface area contributed by atoms with Gasteiger partial charge in [-0.25, -0.2) is 9.78 Å². The standard InChI is InChI=1S/C5H6N2O2S/c1-2-3-6-4(5(8)9)7-10-3/h2H2,1H3,(H,8,9). The van der Waals surface area contributed by atoms with Crippen LogP contribution in [0, 0.1) is 0 Å². The van der Waals surface area contributed by atoms with Crippen molar-refractivity contribution in [2.75, 3.05) is 0 Å². The van der Waals surface area contributed by atoms with Gasteiger partial charge in [0.2, 0.25) is 0 Å². The topological polar surface area (TPSA) is 63.1 Å². The molecule has 0 unspecified atom stereocenters. The second-order valence-corrected chi connectivity index (χ2v) is 2.51. The first kappa shape index (κ1) is 7.14. The van der Waals surface area contributed by atoms with Crippen molar-refractivity contribution in [2.45, 2.75) is 13.3 Å². The minimum Gasteiger partial charge on any atom is -0.475 e. The highest BCUT2D eigenvalue weighted by Gasteiger charge is 2.08. The second kappa shape index (κ2) is 2.74. The molecule has 1 heterocycles. The highest BCUT2D eigenvalue weighted by Crippen LogP contribution is 2.04. The number of aromatic carboxylic acids is 1. The van der Waals surface area contributed by atoms with Crippen molar-refractivity contribution in [1.29, 1.82) is 0 Å². The molecule has 0 fully saturated rings. The number of carboxylic acids is 1. The molecule has 1 rings (SSSR count). The van der Waals surface area contributed by atoms with E-state index in [1.165, 1.54) is 0 Å². The molecule has 1 N–H and O–H groups in total. The number of aromatic nitrogens is 2. The predicted octanol–water partition coefficient (Wildman–Crippen LogP) is 0.799. The summed E-state index contributed by atoms with van der Waals surface area (Å²) >= 11 is 1.14. The molecule has 0 aliphatic rings. The van der Waals surface area contributed by atoms with E-state index in [-0.39, 0.29) is 5.82 Å². The summed E-state index contributed by atoms with van der Waals surface area (Å²) in [5, 5.41) is 9.14. The molecule has 0 amide bonds. The van der Waals surface area contributed by atoms with E-state index in [0.717, 1.165) is 23.0 Å². The number of hydrogen-bond acceptors (Lipinski definition) is 4. The Balaban J connectivity index is 2.88. The molecule has 10 heavy (non-hydrogen) atoms. The van der Waals surface area contributed by atoms with Crippen LogP contribution in [0.4, 0.5) is 0 Å². The second-order valence-electron chi connectivity index (χ2n) is 1.67. The average molecular weight is 158 g/mol. The molecule has 54 valence electrons. The highest BCUT2D eigenvalue weighted by atomic mass is 32.1. The van der Waals surface area contributed by atoms with Gasteiger partial charge in [0.05, 0.1) is 0 Å². The Morgan fingerprint density at radius 3 is 2.80 bits per heavy atom. The van der Waals surface area contributed by atoms with Crippen LogP contribution in [-0.2, 0) is 6.42 Å². The molecule has 0 bridgehead atoms. The third-order valence-electron chi connectivity index (χ3n) is 0.962. The third kappa shape index (κ3) is 1.30. The van der Waals surface area contributed by atoms with Gasteiger partial charge in [-0.1, -0.05) is 6.92 Å². The van der Waals surface area contributed by atoms with Crippen molar-refractivity contribution >= 4 is 17.5 Å². The van der Waals surface area contributed by atoms with Crippen LogP contribution in [0.25, 0.3) is 0 Å². The summed E-state index contributed by atoms with van der Waals surface area (Å²) in [4.78, 5) is 13.9. The van der Waals surface area contributed by atoms with E-state index in [0.29, 0.717) is 0 Å². The van der Waals surface area contributed by atoms with Gasteiger partial charge in [0.25, 0.3) is 5.82 Å². The molecule has 0 aliphatic carbocycles. The zero-order chi connectivity index (χ0) is 7.56. The molecule has 0 atom stereocenters. The molecule has 0 aromatic carbocycles. The lowest BCUT2D eigenvalue weighted by molar-refractivity contribution is 0.0685. The van der Waals surface area contributed by atoms with Crippen LogP contribution in [0.5, 0.6) is 0 Å². The van der Waals surface area contributed by atoms with Gasteiger partial charge in [0, 0.05) is 0 Å². The highest BCUT2D eigenvalue weighted by molar-refractivity contribution is 7.05. The molecule has 5 heteroatoms. The Bertz CT molecular complexity index is 246. The summed E-state index contributed by atoms with van der Waals surface area (Å²) in [5.41, 5.74) is 0. The fraction of sp³-hybridized carbons (Fsp3) is 0.400. The van der Waals surface area contributed by atoms with E-state index in [1.54, 1.807) is 0 Å². The number of rotatable bonds is 2. The molecular formula is C5H6N2O2S. The lowest BCUT2D eigenvalue weighted by Crippen LogP contribution is -1.98. The molecule has 0 spiro atoms. The van der Waals surface area contributed by atoms with Gasteiger partial charge >= 0.3 is 5.97 Å². The van der Waals surface area contributed by atoms with Gasteiger partial charge in [-0.15, -0.1) is 0 Å². The van der Waals surface area contributed by atoms with Gasteiger partial charge in [-0.2, -0.15) is 4.37 Å². The minimum atomic E-state index is -1.06. The lowest BCUT2D eigenvalue weighted by Gasteiger charge is -1.79. The van der Waals surface area contributed by atoms with Crippen LogP contribution in [0.1, 0.15) is 22.6 Å². The quantitative estimate of drug-likeness (QED) is 0.691. The van der Waals surface area contributed by atoms with Crippen molar-refractivity contribution in [2.24, 2.45) is 0 Å². The Hall–Kier alpha value is -0.970. The van der Waals surface area contributed by atoms with E-state index in [9.17, 15) is 4.79 Å². The summed E-state index contributed by atoms with van der Waals surface area (Å²) in [6.07, 6.45) is 0.741. The van der Waals surface area contributed by atoms with E-state index in [1.807, 2.05) is 6.92 Å². The van der Waals surface area contributed by atoms with Gasteiger partial charge in [0.1, 0.15) is 5.01 Å². The largest absolute Gasteiger partial charge is 0.475 e. The van der Waals surface area contributed by atoms with Gasteiger partial charge in [-0.05, 0) is 18.0 Å². The molecule has 0 aliphatic heterocycles. The zero-order valence-corrected chi connectivity index (χ0v) is 6.18. The number of carbonyl (C=O) groups is 1.